The van der Waals surface area contributed by atoms with Crippen molar-refractivity contribution in [3.63, 3.8) is 0 Å². The number of ether oxygens (including phenoxy) is 1. The first-order valence-corrected chi connectivity index (χ1v) is 6.07. The van der Waals surface area contributed by atoms with Crippen molar-refractivity contribution in [3.8, 4) is 0 Å². The van der Waals surface area contributed by atoms with Gasteiger partial charge in [0.2, 0.25) is 0 Å². The highest BCUT2D eigenvalue weighted by Gasteiger charge is 2.34. The summed E-state index contributed by atoms with van der Waals surface area (Å²) in [6.07, 6.45) is 3.44. The van der Waals surface area contributed by atoms with Gasteiger partial charge in [0.25, 0.3) is 0 Å². The van der Waals surface area contributed by atoms with Gasteiger partial charge in [-0.25, -0.2) is 0 Å². The second-order valence-electron chi connectivity index (χ2n) is 5.24. The van der Waals surface area contributed by atoms with Crippen LogP contribution in [0.15, 0.2) is 0 Å². The summed E-state index contributed by atoms with van der Waals surface area (Å²) in [4.78, 5) is 0. The molecule has 1 atom stereocenters. The smallest absolute Gasteiger partial charge is 0.0469 e. The lowest BCUT2D eigenvalue weighted by atomic mass is 9.73. The minimum atomic E-state index is 0.283. The molecule has 1 unspecified atom stereocenters. The van der Waals surface area contributed by atoms with Crippen molar-refractivity contribution in [2.75, 3.05) is 26.8 Å². The van der Waals surface area contributed by atoms with Crippen molar-refractivity contribution < 1.29 is 4.74 Å². The molecule has 3 heteroatoms. The summed E-state index contributed by atoms with van der Waals surface area (Å²) < 4.78 is 5.41. The van der Waals surface area contributed by atoms with E-state index in [1.807, 2.05) is 0 Å². The van der Waals surface area contributed by atoms with E-state index in [2.05, 4.69) is 26.2 Å². The first kappa shape index (κ1) is 12.9. The van der Waals surface area contributed by atoms with Gasteiger partial charge in [-0.1, -0.05) is 13.8 Å². The van der Waals surface area contributed by atoms with Gasteiger partial charge in [0.05, 0.1) is 0 Å². The standard InChI is InChI=1S/C12H26N2O/c1-12(2,6-7-13)11(14-3)10-4-8-15-9-5-10/h10-11,14H,4-9,13H2,1-3H3. The fraction of sp³-hybridized carbons (Fsp3) is 1.00. The van der Waals surface area contributed by atoms with Crippen LogP contribution in [0.3, 0.4) is 0 Å². The van der Waals surface area contributed by atoms with Crippen LogP contribution < -0.4 is 11.1 Å². The van der Waals surface area contributed by atoms with E-state index >= 15 is 0 Å². The van der Waals surface area contributed by atoms with Crippen molar-refractivity contribution >= 4 is 0 Å². The average molecular weight is 214 g/mol. The molecule has 3 N–H and O–H groups in total. The molecule has 0 radical (unpaired) electrons. The average Bonchev–Trinajstić information content (AvgIpc) is 2.19. The molecule has 1 rings (SSSR count). The number of hydrogen-bond acceptors (Lipinski definition) is 3. The summed E-state index contributed by atoms with van der Waals surface area (Å²) in [5.74, 6) is 0.741. The SMILES string of the molecule is CNC(C1CCOCC1)C(C)(C)CCN. The molecule has 0 amide bonds. The van der Waals surface area contributed by atoms with Gasteiger partial charge in [0.15, 0.2) is 0 Å². The molecule has 0 bridgehead atoms. The van der Waals surface area contributed by atoms with Crippen LogP contribution in [0.4, 0.5) is 0 Å². The number of nitrogens with one attached hydrogen (secondary N) is 1. The van der Waals surface area contributed by atoms with Crippen LogP contribution in [0.5, 0.6) is 0 Å². The van der Waals surface area contributed by atoms with Gasteiger partial charge in [-0.2, -0.15) is 0 Å². The third-order valence-corrected chi connectivity index (χ3v) is 3.68. The van der Waals surface area contributed by atoms with Crippen LogP contribution in [0.1, 0.15) is 33.1 Å². The molecule has 0 aromatic carbocycles. The van der Waals surface area contributed by atoms with Crippen molar-refractivity contribution in [2.24, 2.45) is 17.1 Å². The lowest BCUT2D eigenvalue weighted by Gasteiger charge is -2.41. The van der Waals surface area contributed by atoms with Gasteiger partial charge in [0.1, 0.15) is 0 Å². The Kier molecular flexibility index (Phi) is 5.03. The normalized spacial score (nSPS) is 21.6. The van der Waals surface area contributed by atoms with Gasteiger partial charge in [0, 0.05) is 19.3 Å². The van der Waals surface area contributed by atoms with Gasteiger partial charge in [-0.05, 0) is 44.2 Å². The zero-order chi connectivity index (χ0) is 11.3. The molecule has 0 saturated carbocycles. The largest absolute Gasteiger partial charge is 0.381 e. The van der Waals surface area contributed by atoms with E-state index in [9.17, 15) is 0 Å². The lowest BCUT2D eigenvalue weighted by Crippen LogP contribution is -2.48. The molecular formula is C12H26N2O. The summed E-state index contributed by atoms with van der Waals surface area (Å²) in [6.45, 7) is 7.24. The second-order valence-corrected chi connectivity index (χ2v) is 5.24. The molecule has 15 heavy (non-hydrogen) atoms. The Balaban J connectivity index is 2.59. The predicted octanol–water partition coefficient (Wildman–Crippen LogP) is 1.38. The minimum Gasteiger partial charge on any atom is -0.381 e. The summed E-state index contributed by atoms with van der Waals surface area (Å²) in [7, 11) is 2.07. The molecule has 3 nitrogen and oxygen atoms in total. The molecule has 0 aliphatic carbocycles. The van der Waals surface area contributed by atoms with Crippen molar-refractivity contribution in [3.05, 3.63) is 0 Å². The van der Waals surface area contributed by atoms with Crippen molar-refractivity contribution in [2.45, 2.75) is 39.2 Å². The van der Waals surface area contributed by atoms with E-state index in [4.69, 9.17) is 10.5 Å². The first-order chi connectivity index (χ1) is 7.11. The maximum absolute atomic E-state index is 5.68. The van der Waals surface area contributed by atoms with Gasteiger partial charge >= 0.3 is 0 Å². The van der Waals surface area contributed by atoms with Crippen LogP contribution in [0, 0.1) is 11.3 Å². The monoisotopic (exact) mass is 214 g/mol. The lowest BCUT2D eigenvalue weighted by molar-refractivity contribution is 0.0321. The molecule has 1 saturated heterocycles. The van der Waals surface area contributed by atoms with Crippen LogP contribution in [-0.4, -0.2) is 32.8 Å². The first-order valence-electron chi connectivity index (χ1n) is 6.07. The zero-order valence-electron chi connectivity index (χ0n) is 10.4. The Labute approximate surface area is 93.8 Å². The van der Waals surface area contributed by atoms with Crippen molar-refractivity contribution in [1.82, 2.24) is 5.32 Å². The molecule has 1 fully saturated rings. The van der Waals surface area contributed by atoms with Crippen molar-refractivity contribution in [1.29, 1.82) is 0 Å². The topological polar surface area (TPSA) is 47.3 Å². The van der Waals surface area contributed by atoms with Crippen LogP contribution in [0.2, 0.25) is 0 Å². The summed E-state index contributed by atoms with van der Waals surface area (Å²) in [6, 6.07) is 0.560. The highest BCUT2D eigenvalue weighted by Crippen LogP contribution is 2.33. The molecule has 90 valence electrons. The maximum Gasteiger partial charge on any atom is 0.0469 e. The molecule has 0 aromatic rings. The predicted molar refractivity (Wildman–Crippen MR) is 63.8 cm³/mol. The molecule has 1 aliphatic rings. The minimum absolute atomic E-state index is 0.283. The highest BCUT2D eigenvalue weighted by molar-refractivity contribution is 4.89. The summed E-state index contributed by atoms with van der Waals surface area (Å²) >= 11 is 0. The Bertz CT molecular complexity index is 176. The van der Waals surface area contributed by atoms with Crippen LogP contribution in [-0.2, 0) is 4.74 Å². The molecular weight excluding hydrogens is 188 g/mol. The summed E-state index contributed by atoms with van der Waals surface area (Å²) in [5.41, 5.74) is 5.97. The third kappa shape index (κ3) is 3.44. The molecule has 0 spiro atoms. The molecule has 1 aliphatic heterocycles. The molecule has 1 heterocycles. The van der Waals surface area contributed by atoms with E-state index in [0.717, 1.165) is 32.1 Å². The quantitative estimate of drug-likeness (QED) is 0.727. The van der Waals surface area contributed by atoms with Gasteiger partial charge in [-0.3, -0.25) is 0 Å². The zero-order valence-corrected chi connectivity index (χ0v) is 10.4. The Morgan fingerprint density at radius 2 is 2.00 bits per heavy atom. The fourth-order valence-electron chi connectivity index (χ4n) is 2.84. The Morgan fingerprint density at radius 1 is 1.40 bits per heavy atom. The second kappa shape index (κ2) is 5.83. The number of rotatable bonds is 5. The highest BCUT2D eigenvalue weighted by atomic mass is 16.5. The molecule has 0 aromatic heterocycles. The van der Waals surface area contributed by atoms with Crippen LogP contribution >= 0.6 is 0 Å². The maximum atomic E-state index is 5.68. The number of nitrogens with two attached hydrogens (primary N) is 1. The van der Waals surface area contributed by atoms with Gasteiger partial charge < -0.3 is 15.8 Å². The van der Waals surface area contributed by atoms with E-state index < -0.39 is 0 Å². The fourth-order valence-corrected chi connectivity index (χ4v) is 2.84. The summed E-state index contributed by atoms with van der Waals surface area (Å²) in [5, 5.41) is 3.49. The van der Waals surface area contributed by atoms with E-state index in [1.165, 1.54) is 12.8 Å². The Hall–Kier alpha value is -0.120. The number of hydrogen-bond donors (Lipinski definition) is 2. The Morgan fingerprint density at radius 3 is 2.47 bits per heavy atom. The van der Waals surface area contributed by atoms with E-state index in [0.29, 0.717) is 6.04 Å². The van der Waals surface area contributed by atoms with Crippen LogP contribution in [0.25, 0.3) is 0 Å². The van der Waals surface area contributed by atoms with E-state index in [-0.39, 0.29) is 5.41 Å². The third-order valence-electron chi connectivity index (χ3n) is 3.68. The van der Waals surface area contributed by atoms with Gasteiger partial charge in [-0.15, -0.1) is 0 Å². The van der Waals surface area contributed by atoms with E-state index in [1.54, 1.807) is 0 Å².